The predicted molar refractivity (Wildman–Crippen MR) is 165 cm³/mol. The topological polar surface area (TPSA) is 144 Å². The van der Waals surface area contributed by atoms with Crippen molar-refractivity contribution in [2.75, 3.05) is 16.4 Å². The average Bonchev–Trinajstić information content (AvgIpc) is 3.73. The Morgan fingerprint density at radius 2 is 1.95 bits per heavy atom. The average molecular weight is 613 g/mol. The fourth-order valence-electron chi connectivity index (χ4n) is 5.23. The van der Waals surface area contributed by atoms with E-state index in [9.17, 15) is 20.1 Å². The summed E-state index contributed by atoms with van der Waals surface area (Å²) in [4.78, 5) is 32.3. The molecule has 42 heavy (non-hydrogen) atoms. The van der Waals surface area contributed by atoms with E-state index in [-0.39, 0.29) is 17.2 Å². The van der Waals surface area contributed by atoms with Gasteiger partial charge >= 0.3 is 0 Å². The van der Waals surface area contributed by atoms with Gasteiger partial charge in [0.25, 0.3) is 5.91 Å². The summed E-state index contributed by atoms with van der Waals surface area (Å²) in [7, 11) is 0. The van der Waals surface area contributed by atoms with Gasteiger partial charge < -0.3 is 15.1 Å². The summed E-state index contributed by atoms with van der Waals surface area (Å²) >= 11 is 4.01. The molecule has 2 aliphatic rings. The minimum Gasteiger partial charge on any atom is -0.468 e. The van der Waals surface area contributed by atoms with Gasteiger partial charge in [-0.2, -0.15) is 10.5 Å². The minimum absolute atomic E-state index is 0.00629. The van der Waals surface area contributed by atoms with Crippen LogP contribution in [0.2, 0.25) is 0 Å². The molecule has 0 fully saturated rings. The van der Waals surface area contributed by atoms with E-state index in [1.165, 1.54) is 45.6 Å². The summed E-state index contributed by atoms with van der Waals surface area (Å²) in [5.74, 6) is -1.02. The van der Waals surface area contributed by atoms with Gasteiger partial charge in [-0.15, -0.1) is 11.3 Å². The Bertz CT molecular complexity index is 1820. The molecule has 2 amide bonds. The number of aryl methyl sites for hydroxylation is 1. The van der Waals surface area contributed by atoms with Crippen molar-refractivity contribution in [2.24, 2.45) is 0 Å². The summed E-state index contributed by atoms with van der Waals surface area (Å²) in [5, 5.41) is 30.5. The number of amides is 2. The molecule has 1 unspecified atom stereocenters. The number of nitrogens with zero attached hydrogens (tertiary/aromatic N) is 3. The fraction of sp³-hybridized carbons (Fsp3) is 0.233. The Kier molecular flexibility index (Phi) is 7.85. The van der Waals surface area contributed by atoms with Gasteiger partial charge in [-0.25, -0.2) is 4.98 Å². The van der Waals surface area contributed by atoms with Gasteiger partial charge in [-0.1, -0.05) is 35.2 Å². The minimum atomic E-state index is -0.777. The van der Waals surface area contributed by atoms with E-state index in [0.29, 0.717) is 37.8 Å². The van der Waals surface area contributed by atoms with Crippen LogP contribution in [0.3, 0.4) is 0 Å². The van der Waals surface area contributed by atoms with Crippen LogP contribution in [0, 0.1) is 22.7 Å². The standard InChI is InChI=1S/C30H24N6O3S3/c1-16-25(27(38)36-30-34-20-8-3-5-11-23(20)42-30)26(21-9-6-12-39-21)19(14-32)28(33-16)40-15-24(37)35-29-18(13-31)17-7-2-4-10-22(17)41-29/h3,5-6,8-9,11-12,26,33H,2,4,7,10,15H2,1H3,(H,35,37)(H,34,36,38). The number of thiazole rings is 1. The summed E-state index contributed by atoms with van der Waals surface area (Å²) in [6.07, 6.45) is 5.41. The Morgan fingerprint density at radius 3 is 2.71 bits per heavy atom. The molecule has 210 valence electrons. The third-order valence-electron chi connectivity index (χ3n) is 7.12. The zero-order chi connectivity index (χ0) is 29.2. The van der Waals surface area contributed by atoms with Crippen LogP contribution in [-0.2, 0) is 22.4 Å². The highest BCUT2D eigenvalue weighted by molar-refractivity contribution is 8.03. The summed E-state index contributed by atoms with van der Waals surface area (Å²) in [5.41, 5.74) is 3.53. The smallest absolute Gasteiger partial charge is 0.256 e. The molecule has 1 aliphatic carbocycles. The van der Waals surface area contributed by atoms with E-state index in [1.54, 1.807) is 19.1 Å². The van der Waals surface area contributed by atoms with Crippen molar-refractivity contribution in [1.29, 1.82) is 10.5 Å². The highest BCUT2D eigenvalue weighted by atomic mass is 32.2. The van der Waals surface area contributed by atoms with Gasteiger partial charge in [0.15, 0.2) is 5.13 Å². The molecule has 12 heteroatoms. The number of rotatable bonds is 7. The van der Waals surface area contributed by atoms with Crippen LogP contribution in [0.15, 0.2) is 69.0 Å². The molecule has 1 aliphatic heterocycles. The molecule has 1 aromatic carbocycles. The number of thiophene rings is 1. The van der Waals surface area contributed by atoms with E-state index in [2.05, 4.69) is 33.1 Å². The molecule has 0 spiro atoms. The number of anilines is 2. The highest BCUT2D eigenvalue weighted by Crippen LogP contribution is 2.42. The lowest BCUT2D eigenvalue weighted by Gasteiger charge is -2.28. The number of para-hydroxylation sites is 1. The molecule has 4 heterocycles. The number of furan rings is 1. The summed E-state index contributed by atoms with van der Waals surface area (Å²) in [6.45, 7) is 1.76. The number of hydrogen-bond donors (Lipinski definition) is 3. The second-order valence-electron chi connectivity index (χ2n) is 9.77. The zero-order valence-electron chi connectivity index (χ0n) is 22.4. The van der Waals surface area contributed by atoms with Gasteiger partial charge in [0.05, 0.1) is 56.0 Å². The molecule has 0 bridgehead atoms. The van der Waals surface area contributed by atoms with Crippen LogP contribution in [0.25, 0.3) is 10.2 Å². The number of hydrogen-bond acceptors (Lipinski definition) is 10. The first-order valence-corrected chi connectivity index (χ1v) is 15.9. The lowest BCUT2D eigenvalue weighted by Crippen LogP contribution is -2.31. The van der Waals surface area contributed by atoms with Crippen LogP contribution >= 0.6 is 34.4 Å². The van der Waals surface area contributed by atoms with E-state index in [1.807, 2.05) is 24.3 Å². The predicted octanol–water partition coefficient (Wildman–Crippen LogP) is 6.41. The quantitative estimate of drug-likeness (QED) is 0.217. The first kappa shape index (κ1) is 27.8. The molecular formula is C30H24N6O3S3. The van der Waals surface area contributed by atoms with Crippen molar-refractivity contribution in [3.8, 4) is 12.1 Å². The summed E-state index contributed by atoms with van der Waals surface area (Å²) < 4.78 is 6.64. The number of allylic oxidation sites excluding steroid dienone is 2. The van der Waals surface area contributed by atoms with Gasteiger partial charge in [0, 0.05) is 10.6 Å². The molecule has 3 N–H and O–H groups in total. The van der Waals surface area contributed by atoms with Gasteiger partial charge in [-0.3, -0.25) is 14.9 Å². The van der Waals surface area contributed by atoms with Crippen molar-refractivity contribution in [2.45, 2.75) is 38.5 Å². The second-order valence-corrected chi connectivity index (χ2v) is 12.9. The Labute approximate surface area is 253 Å². The van der Waals surface area contributed by atoms with E-state index in [0.717, 1.165) is 41.5 Å². The molecule has 0 saturated heterocycles. The molecule has 1 atom stereocenters. The van der Waals surface area contributed by atoms with Crippen molar-refractivity contribution < 1.29 is 14.0 Å². The maximum absolute atomic E-state index is 13.6. The van der Waals surface area contributed by atoms with Crippen LogP contribution in [0.1, 0.15) is 47.4 Å². The van der Waals surface area contributed by atoms with Crippen LogP contribution < -0.4 is 16.0 Å². The number of fused-ring (bicyclic) bond motifs is 2. The molecule has 3 aromatic heterocycles. The Morgan fingerprint density at radius 1 is 1.12 bits per heavy atom. The number of carbonyl (C=O) groups excluding carboxylic acids is 2. The first-order valence-electron chi connectivity index (χ1n) is 13.3. The molecule has 6 rings (SSSR count). The van der Waals surface area contributed by atoms with Crippen molar-refractivity contribution in [3.63, 3.8) is 0 Å². The Hall–Kier alpha value is -4.36. The zero-order valence-corrected chi connectivity index (χ0v) is 24.9. The largest absolute Gasteiger partial charge is 0.468 e. The number of thioether (sulfide) groups is 1. The molecule has 0 radical (unpaired) electrons. The first-order chi connectivity index (χ1) is 20.5. The molecular weight excluding hydrogens is 589 g/mol. The van der Waals surface area contributed by atoms with Crippen molar-refractivity contribution in [3.05, 3.63) is 86.3 Å². The lowest BCUT2D eigenvalue weighted by molar-refractivity contribution is -0.114. The normalized spacial score (nSPS) is 16.4. The maximum atomic E-state index is 13.6. The number of nitriles is 2. The lowest BCUT2D eigenvalue weighted by atomic mass is 9.85. The van der Waals surface area contributed by atoms with E-state index < -0.39 is 11.8 Å². The third kappa shape index (κ3) is 5.32. The summed E-state index contributed by atoms with van der Waals surface area (Å²) in [6, 6.07) is 15.6. The van der Waals surface area contributed by atoms with E-state index in [4.69, 9.17) is 4.42 Å². The van der Waals surface area contributed by atoms with E-state index >= 15 is 0 Å². The van der Waals surface area contributed by atoms with Crippen LogP contribution in [-0.4, -0.2) is 22.6 Å². The van der Waals surface area contributed by atoms with Crippen molar-refractivity contribution in [1.82, 2.24) is 10.3 Å². The maximum Gasteiger partial charge on any atom is 0.256 e. The van der Waals surface area contributed by atoms with Crippen LogP contribution in [0.4, 0.5) is 10.1 Å². The van der Waals surface area contributed by atoms with Gasteiger partial charge in [-0.05, 0) is 62.4 Å². The number of benzene rings is 1. The van der Waals surface area contributed by atoms with Crippen LogP contribution in [0.5, 0.6) is 0 Å². The highest BCUT2D eigenvalue weighted by Gasteiger charge is 2.37. The van der Waals surface area contributed by atoms with Gasteiger partial charge in [0.2, 0.25) is 5.91 Å². The SMILES string of the molecule is CC1=C(C(=O)Nc2nc3ccccc3s2)C(c2ccco2)C(C#N)=C(SCC(=O)Nc2sc3c(c2C#N)CCCC3)N1. The second kappa shape index (κ2) is 11.9. The number of aromatic nitrogens is 1. The fourth-order valence-corrected chi connectivity index (χ4v) is 8.24. The number of dihydropyridines is 1. The number of carbonyl (C=O) groups is 2. The van der Waals surface area contributed by atoms with Crippen molar-refractivity contribution >= 4 is 66.6 Å². The molecule has 9 nitrogen and oxygen atoms in total. The monoisotopic (exact) mass is 612 g/mol. The van der Waals surface area contributed by atoms with Gasteiger partial charge in [0.1, 0.15) is 16.8 Å². The third-order valence-corrected chi connectivity index (χ3v) is 10.3. The Balaban J connectivity index is 1.23. The number of nitrogens with one attached hydrogen (secondary N) is 3. The molecule has 4 aromatic rings. The molecule has 0 saturated carbocycles.